The highest BCUT2D eigenvalue weighted by atomic mass is 32.3. The van der Waals surface area contributed by atoms with E-state index in [0.717, 1.165) is 15.0 Å². The van der Waals surface area contributed by atoms with Crippen LogP contribution in [0.15, 0.2) is 30.3 Å². The maximum Gasteiger partial charge on any atom is 0.302 e. The first kappa shape index (κ1) is 14.5. The smallest absolute Gasteiger partial charge is 0.302 e. The number of carbonyl (C=O) groups excluding carboxylic acids is 1. The van der Waals surface area contributed by atoms with Gasteiger partial charge in [0.2, 0.25) is 5.91 Å². The standard InChI is InChI=1S/C14H14FNO3S2/c15-21(18,19)9-10-5-14(17)16(7-10)8-12-6-11-3-1-2-4-13(11)20-12/h1-4,6,10H,5,7-9H2. The molecule has 0 saturated carbocycles. The van der Waals surface area contributed by atoms with Crippen LogP contribution in [0.25, 0.3) is 10.1 Å². The van der Waals surface area contributed by atoms with E-state index in [9.17, 15) is 17.1 Å². The van der Waals surface area contributed by atoms with Crippen LogP contribution < -0.4 is 0 Å². The molecular formula is C14H14FNO3S2. The molecule has 1 atom stereocenters. The van der Waals surface area contributed by atoms with Gasteiger partial charge in [-0.1, -0.05) is 18.2 Å². The summed E-state index contributed by atoms with van der Waals surface area (Å²) in [5, 5.41) is 1.13. The predicted octanol–water partition coefficient (Wildman–Crippen LogP) is 2.55. The van der Waals surface area contributed by atoms with Crippen LogP contribution in [0.4, 0.5) is 3.89 Å². The Morgan fingerprint density at radius 2 is 2.10 bits per heavy atom. The van der Waals surface area contributed by atoms with Crippen LogP contribution in [0.5, 0.6) is 0 Å². The van der Waals surface area contributed by atoms with E-state index in [-0.39, 0.29) is 12.3 Å². The number of hydrogen-bond donors (Lipinski definition) is 0. The quantitative estimate of drug-likeness (QED) is 0.811. The second kappa shape index (κ2) is 5.38. The number of fused-ring (bicyclic) bond motifs is 1. The third-order valence-corrected chi connectivity index (χ3v) is 5.52. The number of benzene rings is 1. The number of thiophene rings is 1. The molecule has 2 aromatic rings. The fourth-order valence-corrected chi connectivity index (χ4v) is 4.57. The first-order valence-corrected chi connectivity index (χ1v) is 8.95. The Bertz CT molecular complexity index is 751. The monoisotopic (exact) mass is 327 g/mol. The molecule has 7 heteroatoms. The third-order valence-electron chi connectivity index (χ3n) is 3.55. The molecule has 1 unspecified atom stereocenters. The van der Waals surface area contributed by atoms with Crippen LogP contribution in [-0.2, 0) is 21.6 Å². The first-order chi connectivity index (χ1) is 9.90. The number of amides is 1. The van der Waals surface area contributed by atoms with Crippen LogP contribution in [0.3, 0.4) is 0 Å². The van der Waals surface area contributed by atoms with Gasteiger partial charge in [0, 0.05) is 28.5 Å². The highest BCUT2D eigenvalue weighted by molar-refractivity contribution is 7.86. The van der Waals surface area contributed by atoms with Crippen molar-refractivity contribution in [1.29, 1.82) is 0 Å². The molecule has 1 aliphatic rings. The van der Waals surface area contributed by atoms with Crippen LogP contribution >= 0.6 is 11.3 Å². The molecule has 112 valence electrons. The Balaban J connectivity index is 1.71. The van der Waals surface area contributed by atoms with E-state index in [0.29, 0.717) is 13.1 Å². The molecule has 0 aliphatic carbocycles. The summed E-state index contributed by atoms with van der Waals surface area (Å²) in [6.07, 6.45) is 0.105. The van der Waals surface area contributed by atoms with Crippen molar-refractivity contribution in [2.75, 3.05) is 12.3 Å². The molecule has 0 N–H and O–H groups in total. The molecule has 0 spiro atoms. The van der Waals surface area contributed by atoms with E-state index >= 15 is 0 Å². The number of hydrogen-bond acceptors (Lipinski definition) is 4. The summed E-state index contributed by atoms with van der Waals surface area (Å²) < 4.78 is 35.2. The van der Waals surface area contributed by atoms with E-state index in [1.807, 2.05) is 30.3 Å². The first-order valence-electron chi connectivity index (χ1n) is 6.58. The van der Waals surface area contributed by atoms with Crippen molar-refractivity contribution in [3.8, 4) is 0 Å². The third kappa shape index (κ3) is 3.41. The Kier molecular flexibility index (Phi) is 3.71. The van der Waals surface area contributed by atoms with Gasteiger partial charge in [0.25, 0.3) is 0 Å². The zero-order chi connectivity index (χ0) is 15.0. The van der Waals surface area contributed by atoms with Crippen molar-refractivity contribution in [1.82, 2.24) is 4.90 Å². The van der Waals surface area contributed by atoms with E-state index in [1.165, 1.54) is 0 Å². The summed E-state index contributed by atoms with van der Waals surface area (Å²) in [7, 11) is -4.52. The van der Waals surface area contributed by atoms with Gasteiger partial charge in [-0.05, 0) is 17.5 Å². The maximum atomic E-state index is 12.7. The molecule has 0 bridgehead atoms. The molecule has 1 fully saturated rings. The molecule has 21 heavy (non-hydrogen) atoms. The van der Waals surface area contributed by atoms with Crippen molar-refractivity contribution in [3.05, 3.63) is 35.2 Å². The molecule has 1 aliphatic heterocycles. The van der Waals surface area contributed by atoms with E-state index in [1.54, 1.807) is 16.2 Å². The fourth-order valence-electron chi connectivity index (χ4n) is 2.70. The van der Waals surface area contributed by atoms with Gasteiger partial charge < -0.3 is 4.90 Å². The van der Waals surface area contributed by atoms with Crippen molar-refractivity contribution < 1.29 is 17.1 Å². The van der Waals surface area contributed by atoms with E-state index in [2.05, 4.69) is 0 Å². The maximum absolute atomic E-state index is 12.7. The summed E-state index contributed by atoms with van der Waals surface area (Å²) in [6, 6.07) is 9.99. The van der Waals surface area contributed by atoms with Gasteiger partial charge in [0.15, 0.2) is 0 Å². The molecule has 0 radical (unpaired) electrons. The van der Waals surface area contributed by atoms with Crippen molar-refractivity contribution in [2.45, 2.75) is 13.0 Å². The van der Waals surface area contributed by atoms with Gasteiger partial charge in [-0.25, -0.2) is 0 Å². The van der Waals surface area contributed by atoms with Crippen molar-refractivity contribution in [3.63, 3.8) is 0 Å². The highest BCUT2D eigenvalue weighted by Crippen LogP contribution is 2.28. The van der Waals surface area contributed by atoms with Crippen LogP contribution in [0.2, 0.25) is 0 Å². The van der Waals surface area contributed by atoms with E-state index < -0.39 is 21.9 Å². The molecule has 4 nitrogen and oxygen atoms in total. The Labute approximate surface area is 126 Å². The van der Waals surface area contributed by atoms with Gasteiger partial charge in [0.05, 0.1) is 12.3 Å². The Morgan fingerprint density at radius 1 is 1.33 bits per heavy atom. The molecular weight excluding hydrogens is 313 g/mol. The van der Waals surface area contributed by atoms with Crippen molar-refractivity contribution >= 4 is 37.6 Å². The zero-order valence-electron chi connectivity index (χ0n) is 11.2. The van der Waals surface area contributed by atoms with Crippen molar-refractivity contribution in [2.24, 2.45) is 5.92 Å². The van der Waals surface area contributed by atoms with Crippen LogP contribution in [-0.4, -0.2) is 31.5 Å². The van der Waals surface area contributed by atoms with Gasteiger partial charge in [0.1, 0.15) is 0 Å². The minimum atomic E-state index is -4.52. The lowest BCUT2D eigenvalue weighted by Crippen LogP contribution is -2.24. The Morgan fingerprint density at radius 3 is 2.81 bits per heavy atom. The second-order valence-electron chi connectivity index (χ2n) is 5.30. The second-order valence-corrected chi connectivity index (χ2v) is 7.88. The lowest BCUT2D eigenvalue weighted by atomic mass is 10.1. The normalized spacial score (nSPS) is 19.6. The van der Waals surface area contributed by atoms with Gasteiger partial charge in [-0.3, -0.25) is 4.79 Å². The summed E-state index contributed by atoms with van der Waals surface area (Å²) in [6.45, 7) is 0.761. The average molecular weight is 327 g/mol. The Hall–Kier alpha value is -1.47. The predicted molar refractivity (Wildman–Crippen MR) is 80.2 cm³/mol. The SMILES string of the molecule is O=C1CC(CS(=O)(=O)F)CN1Cc1cc2ccccc2s1. The van der Waals surface area contributed by atoms with E-state index in [4.69, 9.17) is 0 Å². The number of halogens is 1. The van der Waals surface area contributed by atoms with Crippen LogP contribution in [0, 0.1) is 5.92 Å². The number of rotatable bonds is 4. The summed E-state index contributed by atoms with van der Waals surface area (Å²) in [4.78, 5) is 14.6. The lowest BCUT2D eigenvalue weighted by molar-refractivity contribution is -0.128. The number of nitrogens with zero attached hydrogens (tertiary/aromatic N) is 1. The topological polar surface area (TPSA) is 54.5 Å². The number of carbonyl (C=O) groups is 1. The van der Waals surface area contributed by atoms with Gasteiger partial charge >= 0.3 is 10.2 Å². The van der Waals surface area contributed by atoms with Crippen LogP contribution in [0.1, 0.15) is 11.3 Å². The molecule has 1 aromatic carbocycles. The molecule has 3 rings (SSSR count). The molecule has 1 saturated heterocycles. The zero-order valence-corrected chi connectivity index (χ0v) is 12.8. The summed E-state index contributed by atoms with van der Waals surface area (Å²) in [5.74, 6) is -1.12. The summed E-state index contributed by atoms with van der Waals surface area (Å²) in [5.41, 5.74) is 0. The molecule has 1 aromatic heterocycles. The molecule has 1 amide bonds. The highest BCUT2D eigenvalue weighted by Gasteiger charge is 2.32. The van der Waals surface area contributed by atoms with Gasteiger partial charge in [-0.15, -0.1) is 15.2 Å². The summed E-state index contributed by atoms with van der Waals surface area (Å²) >= 11 is 1.61. The minimum absolute atomic E-state index is 0.105. The molecule has 2 heterocycles. The fraction of sp³-hybridized carbons (Fsp3) is 0.357. The van der Waals surface area contributed by atoms with Gasteiger partial charge in [-0.2, -0.15) is 8.42 Å². The number of likely N-dealkylation sites (tertiary alicyclic amines) is 1. The lowest BCUT2D eigenvalue weighted by Gasteiger charge is -2.14. The average Bonchev–Trinajstić information content (AvgIpc) is 2.91. The minimum Gasteiger partial charge on any atom is -0.337 e. The largest absolute Gasteiger partial charge is 0.337 e.